The SMILES string of the molecule is Cc1ccc(Cl)cc1Nc1ncnc(Nc2cccc3ccccc23)c1[N+](=O)[O-]. The molecule has 1 aromatic heterocycles. The summed E-state index contributed by atoms with van der Waals surface area (Å²) in [6.45, 7) is 1.88. The molecule has 0 fully saturated rings. The van der Waals surface area contributed by atoms with E-state index in [1.165, 1.54) is 6.33 Å². The summed E-state index contributed by atoms with van der Waals surface area (Å²) >= 11 is 6.06. The van der Waals surface area contributed by atoms with Crippen molar-refractivity contribution in [1.29, 1.82) is 0 Å². The highest BCUT2D eigenvalue weighted by Gasteiger charge is 2.24. The third kappa shape index (κ3) is 3.81. The Morgan fingerprint density at radius 2 is 1.62 bits per heavy atom. The van der Waals surface area contributed by atoms with Crippen molar-refractivity contribution in [2.24, 2.45) is 0 Å². The molecule has 2 N–H and O–H groups in total. The topological polar surface area (TPSA) is 93.0 Å². The maximum Gasteiger partial charge on any atom is 0.353 e. The molecule has 0 spiro atoms. The Bertz CT molecular complexity index is 1220. The quantitative estimate of drug-likeness (QED) is 0.313. The summed E-state index contributed by atoms with van der Waals surface area (Å²) in [4.78, 5) is 19.6. The van der Waals surface area contributed by atoms with Crippen LogP contribution in [0, 0.1) is 17.0 Å². The van der Waals surface area contributed by atoms with Crippen molar-refractivity contribution in [3.05, 3.63) is 87.7 Å². The predicted molar refractivity (Wildman–Crippen MR) is 115 cm³/mol. The van der Waals surface area contributed by atoms with Crippen LogP contribution in [-0.2, 0) is 0 Å². The number of rotatable bonds is 5. The Kier molecular flexibility index (Phi) is 4.97. The first-order valence-electron chi connectivity index (χ1n) is 8.80. The van der Waals surface area contributed by atoms with Gasteiger partial charge in [-0.3, -0.25) is 10.1 Å². The normalized spacial score (nSPS) is 10.7. The van der Waals surface area contributed by atoms with Crippen molar-refractivity contribution in [3.8, 4) is 0 Å². The van der Waals surface area contributed by atoms with Crippen molar-refractivity contribution in [1.82, 2.24) is 9.97 Å². The summed E-state index contributed by atoms with van der Waals surface area (Å²) in [5.74, 6) is 0.182. The predicted octanol–water partition coefficient (Wildman–Crippen LogP) is 5.99. The molecule has 0 unspecified atom stereocenters. The summed E-state index contributed by atoms with van der Waals surface area (Å²) in [5.41, 5.74) is 1.98. The van der Waals surface area contributed by atoms with E-state index in [2.05, 4.69) is 20.6 Å². The van der Waals surface area contributed by atoms with E-state index in [1.54, 1.807) is 12.1 Å². The van der Waals surface area contributed by atoms with Crippen LogP contribution in [0.2, 0.25) is 5.02 Å². The summed E-state index contributed by atoms with van der Waals surface area (Å²) < 4.78 is 0. The van der Waals surface area contributed by atoms with Gasteiger partial charge in [0.2, 0.25) is 11.6 Å². The van der Waals surface area contributed by atoms with Crippen molar-refractivity contribution in [2.45, 2.75) is 6.92 Å². The molecule has 4 aromatic rings. The smallest absolute Gasteiger partial charge is 0.334 e. The van der Waals surface area contributed by atoms with Crippen molar-refractivity contribution in [2.75, 3.05) is 10.6 Å². The van der Waals surface area contributed by atoms with E-state index in [9.17, 15) is 10.1 Å². The van der Waals surface area contributed by atoms with E-state index in [-0.39, 0.29) is 17.3 Å². The molecule has 0 aliphatic heterocycles. The largest absolute Gasteiger partial charge is 0.353 e. The van der Waals surface area contributed by atoms with Crippen molar-refractivity contribution >= 4 is 51.1 Å². The Morgan fingerprint density at radius 3 is 2.38 bits per heavy atom. The monoisotopic (exact) mass is 405 g/mol. The number of halogens is 1. The number of benzene rings is 3. The number of nitro groups is 1. The molecular weight excluding hydrogens is 390 g/mol. The summed E-state index contributed by atoms with van der Waals surface area (Å²) in [7, 11) is 0. The lowest BCUT2D eigenvalue weighted by atomic mass is 10.1. The second-order valence-corrected chi connectivity index (χ2v) is 6.85. The van der Waals surface area contributed by atoms with Crippen molar-refractivity contribution < 1.29 is 4.92 Å². The first-order valence-corrected chi connectivity index (χ1v) is 9.18. The van der Waals surface area contributed by atoms with Crippen LogP contribution in [0.5, 0.6) is 0 Å². The van der Waals surface area contributed by atoms with Crippen LogP contribution in [0.25, 0.3) is 10.8 Å². The Balaban J connectivity index is 1.77. The lowest BCUT2D eigenvalue weighted by molar-refractivity contribution is -0.383. The van der Waals surface area contributed by atoms with E-state index in [1.807, 2.05) is 55.5 Å². The summed E-state index contributed by atoms with van der Waals surface area (Å²) in [6, 6.07) is 18.8. The zero-order valence-electron chi connectivity index (χ0n) is 15.4. The average molecular weight is 406 g/mol. The molecule has 7 nitrogen and oxygen atoms in total. The Morgan fingerprint density at radius 1 is 0.931 bits per heavy atom. The molecule has 0 bridgehead atoms. The molecule has 0 atom stereocenters. The molecule has 144 valence electrons. The van der Waals surface area contributed by atoms with Crippen LogP contribution in [0.3, 0.4) is 0 Å². The number of aryl methyl sites for hydroxylation is 1. The molecule has 0 saturated heterocycles. The summed E-state index contributed by atoms with van der Waals surface area (Å²) in [5, 5.41) is 20.4. The van der Waals surface area contributed by atoms with Gasteiger partial charge in [0, 0.05) is 21.8 Å². The third-order valence-corrected chi connectivity index (χ3v) is 4.74. The number of hydrogen-bond acceptors (Lipinski definition) is 6. The lowest BCUT2D eigenvalue weighted by Gasteiger charge is -2.13. The van der Waals surface area contributed by atoms with Gasteiger partial charge in [-0.25, -0.2) is 9.97 Å². The van der Waals surface area contributed by atoms with Crippen LogP contribution >= 0.6 is 11.6 Å². The molecule has 0 aliphatic carbocycles. The second kappa shape index (κ2) is 7.73. The van der Waals surface area contributed by atoms with Gasteiger partial charge < -0.3 is 10.6 Å². The zero-order valence-corrected chi connectivity index (χ0v) is 16.1. The van der Waals surface area contributed by atoms with Gasteiger partial charge >= 0.3 is 5.69 Å². The van der Waals surface area contributed by atoms with Gasteiger partial charge in [0.15, 0.2) is 0 Å². The molecule has 4 rings (SSSR count). The molecule has 0 aliphatic rings. The van der Waals surface area contributed by atoms with Gasteiger partial charge in [-0.15, -0.1) is 0 Å². The van der Waals surface area contributed by atoms with E-state index in [4.69, 9.17) is 11.6 Å². The van der Waals surface area contributed by atoms with Crippen LogP contribution in [-0.4, -0.2) is 14.9 Å². The highest BCUT2D eigenvalue weighted by Crippen LogP contribution is 2.35. The minimum absolute atomic E-state index is 0.0816. The van der Waals surface area contributed by atoms with Crippen LogP contribution in [0.15, 0.2) is 67.0 Å². The van der Waals surface area contributed by atoms with Gasteiger partial charge in [-0.1, -0.05) is 54.1 Å². The highest BCUT2D eigenvalue weighted by molar-refractivity contribution is 6.30. The Hall–Kier alpha value is -3.71. The number of aromatic nitrogens is 2. The van der Waals surface area contributed by atoms with Crippen LogP contribution < -0.4 is 10.6 Å². The minimum Gasteiger partial charge on any atom is -0.334 e. The second-order valence-electron chi connectivity index (χ2n) is 6.41. The van der Waals surface area contributed by atoms with E-state index in [0.29, 0.717) is 10.7 Å². The number of nitrogens with zero attached hydrogens (tertiary/aromatic N) is 3. The number of nitrogens with one attached hydrogen (secondary N) is 2. The molecule has 3 aromatic carbocycles. The average Bonchev–Trinajstić information content (AvgIpc) is 2.71. The first kappa shape index (κ1) is 18.6. The van der Waals surface area contributed by atoms with Crippen LogP contribution in [0.1, 0.15) is 5.56 Å². The van der Waals surface area contributed by atoms with Gasteiger partial charge in [0.05, 0.1) is 4.92 Å². The molecule has 0 radical (unpaired) electrons. The highest BCUT2D eigenvalue weighted by atomic mass is 35.5. The van der Waals surface area contributed by atoms with Crippen molar-refractivity contribution in [3.63, 3.8) is 0 Å². The molecule has 1 heterocycles. The zero-order chi connectivity index (χ0) is 20.4. The van der Waals surface area contributed by atoms with E-state index >= 15 is 0 Å². The fourth-order valence-electron chi connectivity index (χ4n) is 3.05. The van der Waals surface area contributed by atoms with Gasteiger partial charge in [0.25, 0.3) is 0 Å². The molecular formula is C21H16ClN5O2. The van der Waals surface area contributed by atoms with E-state index < -0.39 is 4.92 Å². The first-order chi connectivity index (χ1) is 14.0. The third-order valence-electron chi connectivity index (χ3n) is 4.50. The maximum atomic E-state index is 11.9. The fraction of sp³-hybridized carbons (Fsp3) is 0.0476. The Labute approximate surface area is 171 Å². The summed E-state index contributed by atoms with van der Waals surface area (Å²) in [6.07, 6.45) is 1.28. The van der Waals surface area contributed by atoms with Gasteiger partial charge in [-0.05, 0) is 36.1 Å². The fourth-order valence-corrected chi connectivity index (χ4v) is 3.23. The number of anilines is 4. The lowest BCUT2D eigenvalue weighted by Crippen LogP contribution is -2.06. The maximum absolute atomic E-state index is 11.9. The number of hydrogen-bond donors (Lipinski definition) is 2. The van der Waals surface area contributed by atoms with E-state index in [0.717, 1.165) is 22.0 Å². The molecule has 0 saturated carbocycles. The molecule has 0 amide bonds. The molecule has 29 heavy (non-hydrogen) atoms. The van der Waals surface area contributed by atoms with Gasteiger partial charge in [0.1, 0.15) is 6.33 Å². The van der Waals surface area contributed by atoms with Gasteiger partial charge in [-0.2, -0.15) is 0 Å². The minimum atomic E-state index is -0.504. The standard InChI is InChI=1S/C21H16ClN5O2/c1-13-9-10-15(22)11-18(13)26-21-19(27(28)29)20(23-12-24-21)25-17-8-4-6-14-5-2-3-7-16(14)17/h2-12H,1H3,(H2,23,24,25,26). The van der Waals surface area contributed by atoms with Crippen LogP contribution in [0.4, 0.5) is 28.7 Å². The molecule has 8 heteroatoms. The number of fused-ring (bicyclic) bond motifs is 1.